The van der Waals surface area contributed by atoms with Gasteiger partial charge < -0.3 is 16.3 Å². The first-order valence-electron chi connectivity index (χ1n) is 6.37. The van der Waals surface area contributed by atoms with E-state index in [0.29, 0.717) is 17.9 Å². The van der Waals surface area contributed by atoms with Crippen LogP contribution in [-0.4, -0.2) is 23.0 Å². The standard InChI is InChI=1S/C14H21N3O2/c1-4-12(13(15)17-19)16-14(18)11-7-5-10(6-8-11)9(2)3/h5-9,12,19H,4H2,1-3H3,(H2,15,17)(H,16,18). The van der Waals surface area contributed by atoms with E-state index in [1.165, 1.54) is 5.56 Å². The van der Waals surface area contributed by atoms with Gasteiger partial charge in [-0.25, -0.2) is 0 Å². The second kappa shape index (κ2) is 6.78. The predicted octanol–water partition coefficient (Wildman–Crippen LogP) is 2.06. The average molecular weight is 263 g/mol. The van der Waals surface area contributed by atoms with Gasteiger partial charge in [-0.2, -0.15) is 0 Å². The van der Waals surface area contributed by atoms with Gasteiger partial charge in [0.1, 0.15) is 0 Å². The minimum absolute atomic E-state index is 0.00894. The summed E-state index contributed by atoms with van der Waals surface area (Å²) in [6, 6.07) is 6.98. The second-order valence-corrected chi connectivity index (χ2v) is 4.74. The summed E-state index contributed by atoms with van der Waals surface area (Å²) in [5.74, 6) is 0.209. The van der Waals surface area contributed by atoms with E-state index in [1.807, 2.05) is 19.1 Å². The zero-order valence-corrected chi connectivity index (χ0v) is 11.6. The van der Waals surface area contributed by atoms with Crippen molar-refractivity contribution in [2.24, 2.45) is 10.9 Å². The van der Waals surface area contributed by atoms with E-state index >= 15 is 0 Å². The van der Waals surface area contributed by atoms with E-state index in [9.17, 15) is 4.79 Å². The molecule has 5 heteroatoms. The SMILES string of the molecule is CCC(NC(=O)c1ccc(C(C)C)cc1)/C(N)=N/O. The summed E-state index contributed by atoms with van der Waals surface area (Å²) in [6.45, 7) is 6.05. The molecule has 1 aromatic carbocycles. The van der Waals surface area contributed by atoms with Gasteiger partial charge in [0.2, 0.25) is 0 Å². The predicted molar refractivity (Wildman–Crippen MR) is 75.5 cm³/mol. The molecule has 0 heterocycles. The molecule has 19 heavy (non-hydrogen) atoms. The Morgan fingerprint density at radius 1 is 1.37 bits per heavy atom. The van der Waals surface area contributed by atoms with E-state index in [1.54, 1.807) is 12.1 Å². The fourth-order valence-corrected chi connectivity index (χ4v) is 1.72. The van der Waals surface area contributed by atoms with Gasteiger partial charge in [-0.15, -0.1) is 0 Å². The minimum Gasteiger partial charge on any atom is -0.409 e. The number of oxime groups is 1. The smallest absolute Gasteiger partial charge is 0.251 e. The maximum absolute atomic E-state index is 12.0. The molecule has 0 aliphatic heterocycles. The first kappa shape index (κ1) is 15.0. The summed E-state index contributed by atoms with van der Waals surface area (Å²) < 4.78 is 0. The van der Waals surface area contributed by atoms with Crippen LogP contribution >= 0.6 is 0 Å². The monoisotopic (exact) mass is 263 g/mol. The van der Waals surface area contributed by atoms with Gasteiger partial charge in [0.25, 0.3) is 5.91 Å². The fraction of sp³-hybridized carbons (Fsp3) is 0.429. The highest BCUT2D eigenvalue weighted by molar-refractivity contribution is 5.98. The summed E-state index contributed by atoms with van der Waals surface area (Å²) >= 11 is 0. The van der Waals surface area contributed by atoms with Crippen LogP contribution in [0.25, 0.3) is 0 Å². The molecule has 0 saturated heterocycles. The molecule has 5 nitrogen and oxygen atoms in total. The van der Waals surface area contributed by atoms with Crippen LogP contribution < -0.4 is 11.1 Å². The number of hydrogen-bond donors (Lipinski definition) is 3. The van der Waals surface area contributed by atoms with Crippen molar-refractivity contribution in [1.82, 2.24) is 5.32 Å². The Morgan fingerprint density at radius 2 is 1.95 bits per heavy atom. The maximum Gasteiger partial charge on any atom is 0.251 e. The first-order valence-corrected chi connectivity index (χ1v) is 6.37. The molecule has 0 aliphatic rings. The number of benzene rings is 1. The number of nitrogens with zero attached hydrogens (tertiary/aromatic N) is 1. The van der Waals surface area contributed by atoms with Crippen LogP contribution in [0.15, 0.2) is 29.4 Å². The van der Waals surface area contributed by atoms with Gasteiger partial charge >= 0.3 is 0 Å². The fourth-order valence-electron chi connectivity index (χ4n) is 1.72. The zero-order valence-electron chi connectivity index (χ0n) is 11.6. The molecule has 0 aliphatic carbocycles. The van der Waals surface area contributed by atoms with E-state index in [0.717, 1.165) is 0 Å². The van der Waals surface area contributed by atoms with Gasteiger partial charge in [-0.1, -0.05) is 38.1 Å². The molecule has 4 N–H and O–H groups in total. The third kappa shape index (κ3) is 3.98. The lowest BCUT2D eigenvalue weighted by Crippen LogP contribution is -2.44. The number of rotatable bonds is 5. The van der Waals surface area contributed by atoms with E-state index in [4.69, 9.17) is 10.9 Å². The molecular weight excluding hydrogens is 242 g/mol. The lowest BCUT2D eigenvalue weighted by Gasteiger charge is -2.15. The highest BCUT2D eigenvalue weighted by Gasteiger charge is 2.16. The number of hydrogen-bond acceptors (Lipinski definition) is 3. The summed E-state index contributed by atoms with van der Waals surface area (Å²) in [6.07, 6.45) is 0.561. The van der Waals surface area contributed by atoms with Crippen molar-refractivity contribution in [3.63, 3.8) is 0 Å². The van der Waals surface area contributed by atoms with Crippen LogP contribution in [0.4, 0.5) is 0 Å². The average Bonchev–Trinajstić information content (AvgIpc) is 2.43. The Bertz CT molecular complexity index is 452. The molecule has 104 valence electrons. The number of amidine groups is 1. The van der Waals surface area contributed by atoms with Crippen molar-refractivity contribution in [2.45, 2.75) is 39.2 Å². The molecule has 0 aromatic heterocycles. The molecule has 0 bridgehead atoms. The molecule has 0 saturated carbocycles. The Balaban J connectivity index is 2.77. The zero-order chi connectivity index (χ0) is 14.4. The van der Waals surface area contributed by atoms with Crippen LogP contribution in [0, 0.1) is 0 Å². The van der Waals surface area contributed by atoms with Crippen molar-refractivity contribution in [2.75, 3.05) is 0 Å². The third-order valence-electron chi connectivity index (χ3n) is 3.03. The second-order valence-electron chi connectivity index (χ2n) is 4.74. The van der Waals surface area contributed by atoms with Gasteiger partial charge in [-0.05, 0) is 30.0 Å². The summed E-state index contributed by atoms with van der Waals surface area (Å²) in [4.78, 5) is 12.0. The van der Waals surface area contributed by atoms with E-state index < -0.39 is 6.04 Å². The largest absolute Gasteiger partial charge is 0.409 e. The summed E-state index contributed by atoms with van der Waals surface area (Å²) in [5.41, 5.74) is 7.25. The molecule has 1 aromatic rings. The van der Waals surface area contributed by atoms with Crippen molar-refractivity contribution in [3.05, 3.63) is 35.4 Å². The Morgan fingerprint density at radius 3 is 2.37 bits per heavy atom. The third-order valence-corrected chi connectivity index (χ3v) is 3.03. The maximum atomic E-state index is 12.0. The highest BCUT2D eigenvalue weighted by Crippen LogP contribution is 2.14. The molecule has 0 fully saturated rings. The number of carbonyl (C=O) groups is 1. The molecule has 1 rings (SSSR count). The molecule has 1 amide bonds. The lowest BCUT2D eigenvalue weighted by atomic mass is 10.0. The normalized spacial score (nSPS) is 13.4. The minimum atomic E-state index is -0.456. The Labute approximate surface area is 113 Å². The van der Waals surface area contributed by atoms with Crippen molar-refractivity contribution in [1.29, 1.82) is 0 Å². The van der Waals surface area contributed by atoms with Crippen molar-refractivity contribution >= 4 is 11.7 Å². The number of nitrogens with two attached hydrogens (primary N) is 1. The molecule has 1 atom stereocenters. The van der Waals surface area contributed by atoms with Crippen LogP contribution in [0.3, 0.4) is 0 Å². The summed E-state index contributed by atoms with van der Waals surface area (Å²) in [5, 5.41) is 14.3. The topological polar surface area (TPSA) is 87.7 Å². The van der Waals surface area contributed by atoms with Crippen LogP contribution in [0.2, 0.25) is 0 Å². The Kier molecular flexibility index (Phi) is 5.36. The van der Waals surface area contributed by atoms with Crippen LogP contribution in [0.5, 0.6) is 0 Å². The number of amides is 1. The first-order chi connectivity index (χ1) is 8.99. The quantitative estimate of drug-likeness (QED) is 0.329. The summed E-state index contributed by atoms with van der Waals surface area (Å²) in [7, 11) is 0. The number of carbonyl (C=O) groups excluding carboxylic acids is 1. The van der Waals surface area contributed by atoms with Crippen LogP contribution in [0.1, 0.15) is 49.0 Å². The number of nitrogens with one attached hydrogen (secondary N) is 1. The van der Waals surface area contributed by atoms with E-state index in [2.05, 4.69) is 24.3 Å². The highest BCUT2D eigenvalue weighted by atomic mass is 16.4. The van der Waals surface area contributed by atoms with Gasteiger partial charge in [0.15, 0.2) is 5.84 Å². The van der Waals surface area contributed by atoms with Gasteiger partial charge in [-0.3, -0.25) is 4.79 Å². The molecule has 1 unspecified atom stereocenters. The van der Waals surface area contributed by atoms with Crippen molar-refractivity contribution < 1.29 is 10.0 Å². The van der Waals surface area contributed by atoms with Gasteiger partial charge in [0.05, 0.1) is 6.04 Å². The van der Waals surface area contributed by atoms with Gasteiger partial charge in [0, 0.05) is 5.56 Å². The molecule has 0 radical (unpaired) electrons. The Hall–Kier alpha value is -2.04. The lowest BCUT2D eigenvalue weighted by molar-refractivity contribution is 0.0945. The molecule has 0 spiro atoms. The van der Waals surface area contributed by atoms with Crippen LogP contribution in [-0.2, 0) is 0 Å². The van der Waals surface area contributed by atoms with Crippen molar-refractivity contribution in [3.8, 4) is 0 Å². The molecular formula is C14H21N3O2. The van der Waals surface area contributed by atoms with E-state index in [-0.39, 0.29) is 11.7 Å².